The number of fused-ring (bicyclic) bond motifs is 4. The third-order valence-corrected chi connectivity index (χ3v) is 7.90. The van der Waals surface area contributed by atoms with E-state index in [2.05, 4.69) is 0 Å². The molecular weight excluding hydrogens is 591 g/mol. The van der Waals surface area contributed by atoms with E-state index in [4.69, 9.17) is 18.8 Å². The van der Waals surface area contributed by atoms with Crippen molar-refractivity contribution in [2.24, 2.45) is 17.8 Å². The molecule has 1 spiro atoms. The lowest BCUT2D eigenvalue weighted by Crippen LogP contribution is -2.50. The molecule has 4 unspecified atom stereocenters. The first-order chi connectivity index (χ1) is 15.2. The van der Waals surface area contributed by atoms with Crippen LogP contribution in [0.2, 0.25) is 0 Å². The molecular formula is C19H17F4IO8S. The van der Waals surface area contributed by atoms with Gasteiger partial charge in [-0.15, -0.1) is 0 Å². The summed E-state index contributed by atoms with van der Waals surface area (Å²) in [4.78, 5) is 24.9. The maximum absolute atomic E-state index is 13.6. The number of halogens is 5. The Kier molecular flexibility index (Phi) is 5.88. The summed E-state index contributed by atoms with van der Waals surface area (Å²) < 4.78 is 100. The summed E-state index contributed by atoms with van der Waals surface area (Å²) in [5.41, 5.74) is 0.286. The van der Waals surface area contributed by atoms with Crippen LogP contribution >= 0.6 is 22.6 Å². The smallest absolute Gasteiger partial charge is 0.431 e. The summed E-state index contributed by atoms with van der Waals surface area (Å²) in [6.07, 6.45) is -1.00. The van der Waals surface area contributed by atoms with Gasteiger partial charge in [-0.25, -0.2) is 4.79 Å². The summed E-state index contributed by atoms with van der Waals surface area (Å²) >= 11 is 2.04. The largest absolute Gasteiger partial charge is 0.465 e. The fraction of sp³-hybridized carbons (Fsp3) is 0.579. The minimum absolute atomic E-state index is 0.172. The molecule has 14 heteroatoms. The molecule has 3 aliphatic rings. The number of esters is 2. The van der Waals surface area contributed by atoms with Crippen molar-refractivity contribution in [2.45, 2.75) is 42.6 Å². The molecule has 0 saturated heterocycles. The molecule has 2 aliphatic carbocycles. The van der Waals surface area contributed by atoms with Gasteiger partial charge in [-0.05, 0) is 59.5 Å². The van der Waals surface area contributed by atoms with Crippen LogP contribution in [0.3, 0.4) is 0 Å². The van der Waals surface area contributed by atoms with Gasteiger partial charge in [0.2, 0.25) is 0 Å². The van der Waals surface area contributed by atoms with Gasteiger partial charge < -0.3 is 14.2 Å². The van der Waals surface area contributed by atoms with Crippen LogP contribution in [0.5, 0.6) is 5.75 Å². The van der Waals surface area contributed by atoms with E-state index < -0.39 is 58.0 Å². The van der Waals surface area contributed by atoms with Gasteiger partial charge in [0.25, 0.3) is 5.79 Å². The molecule has 2 bridgehead atoms. The zero-order valence-corrected chi connectivity index (χ0v) is 19.6. The Labute approximate surface area is 198 Å². The number of benzene rings is 1. The van der Waals surface area contributed by atoms with Gasteiger partial charge in [0, 0.05) is 15.9 Å². The Morgan fingerprint density at radius 1 is 1.24 bits per heavy atom. The highest BCUT2D eigenvalue weighted by Gasteiger charge is 2.66. The summed E-state index contributed by atoms with van der Waals surface area (Å²) in [7, 11) is -6.36. The van der Waals surface area contributed by atoms with Gasteiger partial charge in [0.05, 0.1) is 18.9 Å². The Morgan fingerprint density at radius 2 is 1.94 bits per heavy atom. The van der Waals surface area contributed by atoms with Crippen LogP contribution in [-0.4, -0.2) is 48.5 Å². The van der Waals surface area contributed by atoms with Crippen LogP contribution in [-0.2, 0) is 24.4 Å². The molecule has 1 N–H and O–H groups in total. The molecule has 0 amide bonds. The molecule has 0 aromatic heterocycles. The van der Waals surface area contributed by atoms with Crippen molar-refractivity contribution in [2.75, 3.05) is 6.61 Å². The van der Waals surface area contributed by atoms with E-state index in [0.29, 0.717) is 12.2 Å². The zero-order valence-electron chi connectivity index (χ0n) is 16.6. The topological polar surface area (TPSA) is 116 Å². The van der Waals surface area contributed by atoms with E-state index in [1.165, 1.54) is 0 Å². The molecule has 0 radical (unpaired) electrons. The second-order valence-corrected chi connectivity index (χ2v) is 11.0. The molecule has 2 saturated carbocycles. The Bertz CT molecular complexity index is 1110. The van der Waals surface area contributed by atoms with E-state index in [0.717, 1.165) is 3.57 Å². The van der Waals surface area contributed by atoms with E-state index in [-0.39, 0.29) is 30.2 Å². The summed E-state index contributed by atoms with van der Waals surface area (Å²) in [6, 6.07) is 5.04. The van der Waals surface area contributed by atoms with E-state index in [1.807, 2.05) is 22.6 Å². The molecule has 1 aromatic rings. The standard InChI is InChI=1S/C19H17F4IO8S/c20-18(21,19(22,23)33(27,28)29)3-4-30-15(25)12-6-10-5-9(12)8-17(10)31-14-2-1-11(24)7-13(14)16(26)32-17/h1-2,7,9-10,12H,3-6,8H2,(H,27,28,29). The van der Waals surface area contributed by atoms with E-state index >= 15 is 0 Å². The van der Waals surface area contributed by atoms with Crippen molar-refractivity contribution < 1.29 is 54.3 Å². The van der Waals surface area contributed by atoms with Crippen LogP contribution in [0, 0.1) is 21.3 Å². The van der Waals surface area contributed by atoms with E-state index in [1.54, 1.807) is 18.2 Å². The predicted octanol–water partition coefficient (Wildman–Crippen LogP) is 3.63. The summed E-state index contributed by atoms with van der Waals surface area (Å²) in [5.74, 6) is -8.93. The number of alkyl halides is 4. The highest BCUT2D eigenvalue weighted by molar-refractivity contribution is 14.1. The van der Waals surface area contributed by atoms with Crippen molar-refractivity contribution in [3.63, 3.8) is 0 Å². The SMILES string of the molecule is O=C1OC2(CC3CC2CC3C(=O)OCCC(F)(F)C(F)(F)S(=O)(=O)O)Oc2ccc(I)cc21. The quantitative estimate of drug-likeness (QED) is 0.226. The lowest BCUT2D eigenvalue weighted by Gasteiger charge is -2.41. The minimum atomic E-state index is -6.36. The maximum atomic E-state index is 13.6. The Hall–Kier alpha value is -1.68. The third-order valence-electron chi connectivity index (χ3n) is 6.29. The van der Waals surface area contributed by atoms with Gasteiger partial charge in [0.1, 0.15) is 11.3 Å². The number of hydrogen-bond acceptors (Lipinski definition) is 7. The molecule has 8 nitrogen and oxygen atoms in total. The summed E-state index contributed by atoms with van der Waals surface area (Å²) in [5, 5.41) is -5.72. The maximum Gasteiger partial charge on any atom is 0.431 e. The normalized spacial score (nSPS) is 28.9. The predicted molar refractivity (Wildman–Crippen MR) is 109 cm³/mol. The second-order valence-electron chi connectivity index (χ2n) is 8.30. The molecule has 182 valence electrons. The fourth-order valence-electron chi connectivity index (χ4n) is 4.67. The fourth-order valence-corrected chi connectivity index (χ4v) is 5.64. The lowest BCUT2D eigenvalue weighted by atomic mass is 9.84. The molecule has 4 atom stereocenters. The van der Waals surface area contributed by atoms with Gasteiger partial charge in [-0.3, -0.25) is 9.35 Å². The van der Waals surface area contributed by atoms with Crippen molar-refractivity contribution >= 4 is 44.6 Å². The molecule has 2 fully saturated rings. The number of carbonyl (C=O) groups is 2. The van der Waals surface area contributed by atoms with Crippen LogP contribution in [0.4, 0.5) is 17.6 Å². The van der Waals surface area contributed by atoms with Gasteiger partial charge >= 0.3 is 33.2 Å². The first-order valence-electron chi connectivity index (χ1n) is 9.78. The van der Waals surface area contributed by atoms with Crippen molar-refractivity contribution in [1.82, 2.24) is 0 Å². The number of carbonyl (C=O) groups excluding carboxylic acids is 2. The highest BCUT2D eigenvalue weighted by Crippen LogP contribution is 2.57. The van der Waals surface area contributed by atoms with Crippen LogP contribution < -0.4 is 4.74 Å². The van der Waals surface area contributed by atoms with Crippen LogP contribution in [0.1, 0.15) is 36.0 Å². The number of ether oxygens (including phenoxy) is 3. The van der Waals surface area contributed by atoms with Crippen molar-refractivity contribution in [3.8, 4) is 5.75 Å². The number of hydrogen-bond donors (Lipinski definition) is 1. The van der Waals surface area contributed by atoms with Gasteiger partial charge in [0.15, 0.2) is 0 Å². The average Bonchev–Trinajstić information content (AvgIpc) is 3.25. The van der Waals surface area contributed by atoms with Crippen molar-refractivity contribution in [3.05, 3.63) is 27.3 Å². The lowest BCUT2D eigenvalue weighted by molar-refractivity contribution is -0.194. The zero-order chi connectivity index (χ0) is 24.4. The Balaban J connectivity index is 1.36. The first-order valence-corrected chi connectivity index (χ1v) is 12.3. The monoisotopic (exact) mass is 608 g/mol. The second kappa shape index (κ2) is 7.93. The van der Waals surface area contributed by atoms with Crippen LogP contribution in [0.25, 0.3) is 0 Å². The molecule has 4 rings (SSSR count). The first kappa shape index (κ1) is 24.4. The average molecular weight is 608 g/mol. The van der Waals surface area contributed by atoms with Gasteiger partial charge in [-0.1, -0.05) is 0 Å². The van der Waals surface area contributed by atoms with Crippen LogP contribution in [0.15, 0.2) is 18.2 Å². The highest BCUT2D eigenvalue weighted by atomic mass is 127. The molecule has 33 heavy (non-hydrogen) atoms. The van der Waals surface area contributed by atoms with E-state index in [9.17, 15) is 35.6 Å². The number of rotatable bonds is 6. The minimum Gasteiger partial charge on any atom is -0.465 e. The third kappa shape index (κ3) is 4.07. The summed E-state index contributed by atoms with van der Waals surface area (Å²) in [6.45, 7) is -1.17. The van der Waals surface area contributed by atoms with Crippen molar-refractivity contribution in [1.29, 1.82) is 0 Å². The molecule has 1 heterocycles. The molecule has 1 aromatic carbocycles. The van der Waals surface area contributed by atoms with Gasteiger partial charge in [-0.2, -0.15) is 26.0 Å². The Morgan fingerprint density at radius 3 is 2.55 bits per heavy atom. The molecule has 1 aliphatic heterocycles.